The fourth-order valence-corrected chi connectivity index (χ4v) is 3.65. The molecule has 0 aromatic rings. The number of carbonyl (C=O) groups is 1. The molecule has 2 unspecified atom stereocenters. The highest BCUT2D eigenvalue weighted by Gasteiger charge is 2.28. The molecule has 0 aromatic carbocycles. The number of amides is 1. The number of hydrogen-bond donors (Lipinski definition) is 1. The standard InChI is InChI=1S/C15H31N3OS/c1-4-17(5-2)8-9-20-12-15(19)18-7-6-13(3)10-14(18)11-16/h13-14H,4-12,16H2,1-3H3. The fraction of sp³-hybridized carbons (Fsp3) is 0.933. The number of likely N-dealkylation sites (tertiary alicyclic amines) is 1. The van der Waals surface area contributed by atoms with Gasteiger partial charge in [0.25, 0.3) is 0 Å². The molecule has 2 N–H and O–H groups in total. The number of piperidine rings is 1. The second-order valence-electron chi connectivity index (χ2n) is 5.69. The molecule has 0 aliphatic carbocycles. The third-order valence-corrected chi connectivity index (χ3v) is 5.16. The molecule has 1 saturated heterocycles. The Morgan fingerprint density at radius 2 is 2.10 bits per heavy atom. The molecule has 4 nitrogen and oxygen atoms in total. The quantitative estimate of drug-likeness (QED) is 0.693. The fourth-order valence-electron chi connectivity index (χ4n) is 2.78. The second kappa shape index (κ2) is 9.64. The normalized spacial score (nSPS) is 23.4. The van der Waals surface area contributed by atoms with Crippen molar-refractivity contribution in [3.8, 4) is 0 Å². The van der Waals surface area contributed by atoms with Crippen LogP contribution in [-0.4, -0.2) is 66.0 Å². The van der Waals surface area contributed by atoms with Crippen LogP contribution in [-0.2, 0) is 4.79 Å². The summed E-state index contributed by atoms with van der Waals surface area (Å²) >= 11 is 1.75. The van der Waals surface area contributed by atoms with E-state index in [0.717, 1.165) is 44.8 Å². The number of carbonyl (C=O) groups excluding carboxylic acids is 1. The lowest BCUT2D eigenvalue weighted by atomic mass is 9.92. The van der Waals surface area contributed by atoms with Gasteiger partial charge in [-0.15, -0.1) is 0 Å². The Labute approximate surface area is 128 Å². The first-order valence-electron chi connectivity index (χ1n) is 7.91. The maximum absolute atomic E-state index is 12.3. The van der Waals surface area contributed by atoms with Crippen LogP contribution in [0.1, 0.15) is 33.6 Å². The molecule has 20 heavy (non-hydrogen) atoms. The molecule has 2 atom stereocenters. The van der Waals surface area contributed by atoms with Crippen LogP contribution < -0.4 is 5.73 Å². The molecule has 0 spiro atoms. The minimum Gasteiger partial charge on any atom is -0.338 e. The molecule has 1 rings (SSSR count). The number of rotatable bonds is 8. The molecular weight excluding hydrogens is 270 g/mol. The van der Waals surface area contributed by atoms with Crippen molar-refractivity contribution >= 4 is 17.7 Å². The minimum absolute atomic E-state index is 0.259. The monoisotopic (exact) mass is 301 g/mol. The Balaban J connectivity index is 2.27. The molecule has 0 saturated carbocycles. The van der Waals surface area contributed by atoms with Gasteiger partial charge in [0.2, 0.25) is 5.91 Å². The highest BCUT2D eigenvalue weighted by Crippen LogP contribution is 2.22. The van der Waals surface area contributed by atoms with Crippen LogP contribution in [0, 0.1) is 5.92 Å². The Morgan fingerprint density at radius 1 is 1.40 bits per heavy atom. The Bertz CT molecular complexity index is 284. The highest BCUT2D eigenvalue weighted by molar-refractivity contribution is 7.99. The van der Waals surface area contributed by atoms with Crippen molar-refractivity contribution in [1.82, 2.24) is 9.80 Å². The van der Waals surface area contributed by atoms with Crippen LogP contribution in [0.3, 0.4) is 0 Å². The second-order valence-corrected chi connectivity index (χ2v) is 6.79. The average molecular weight is 302 g/mol. The summed E-state index contributed by atoms with van der Waals surface area (Å²) in [4.78, 5) is 16.7. The van der Waals surface area contributed by atoms with E-state index < -0.39 is 0 Å². The van der Waals surface area contributed by atoms with Crippen molar-refractivity contribution in [3.63, 3.8) is 0 Å². The predicted molar refractivity (Wildman–Crippen MR) is 88.1 cm³/mol. The lowest BCUT2D eigenvalue weighted by molar-refractivity contribution is -0.132. The summed E-state index contributed by atoms with van der Waals surface area (Å²) in [6.07, 6.45) is 2.18. The molecule has 0 radical (unpaired) electrons. The molecule has 0 bridgehead atoms. The average Bonchev–Trinajstić information content (AvgIpc) is 2.47. The van der Waals surface area contributed by atoms with E-state index in [2.05, 4.69) is 25.7 Å². The summed E-state index contributed by atoms with van der Waals surface area (Å²) in [5.41, 5.74) is 5.82. The van der Waals surface area contributed by atoms with Crippen molar-refractivity contribution < 1.29 is 4.79 Å². The lowest BCUT2D eigenvalue weighted by Gasteiger charge is -2.38. The summed E-state index contributed by atoms with van der Waals surface area (Å²) in [6.45, 7) is 11.3. The van der Waals surface area contributed by atoms with Gasteiger partial charge < -0.3 is 15.5 Å². The Morgan fingerprint density at radius 3 is 2.70 bits per heavy atom. The predicted octanol–water partition coefficient (Wildman–Crippen LogP) is 1.65. The molecule has 1 aliphatic heterocycles. The summed E-state index contributed by atoms with van der Waals surface area (Å²) in [5, 5.41) is 0. The van der Waals surface area contributed by atoms with Crippen LogP contribution in [0.4, 0.5) is 0 Å². The van der Waals surface area contributed by atoms with Gasteiger partial charge in [0.1, 0.15) is 0 Å². The minimum atomic E-state index is 0.259. The van der Waals surface area contributed by atoms with Crippen molar-refractivity contribution in [2.45, 2.75) is 39.7 Å². The van der Waals surface area contributed by atoms with Crippen LogP contribution in [0.5, 0.6) is 0 Å². The van der Waals surface area contributed by atoms with Gasteiger partial charge in [0.05, 0.1) is 5.75 Å². The molecular formula is C15H31N3OS. The van der Waals surface area contributed by atoms with Gasteiger partial charge in [-0.3, -0.25) is 4.79 Å². The zero-order chi connectivity index (χ0) is 15.0. The zero-order valence-electron chi connectivity index (χ0n) is 13.3. The third-order valence-electron chi connectivity index (χ3n) is 4.24. The van der Waals surface area contributed by atoms with Crippen molar-refractivity contribution in [3.05, 3.63) is 0 Å². The molecule has 0 aromatic heterocycles. The van der Waals surface area contributed by atoms with E-state index >= 15 is 0 Å². The van der Waals surface area contributed by atoms with Gasteiger partial charge in [0, 0.05) is 31.4 Å². The Hall–Kier alpha value is -0.260. The summed E-state index contributed by atoms with van der Waals surface area (Å²) in [5.74, 6) is 2.61. The largest absolute Gasteiger partial charge is 0.338 e. The van der Waals surface area contributed by atoms with Gasteiger partial charge in [-0.2, -0.15) is 11.8 Å². The molecule has 5 heteroatoms. The summed E-state index contributed by atoms with van der Waals surface area (Å²) < 4.78 is 0. The van der Waals surface area contributed by atoms with Gasteiger partial charge in [-0.1, -0.05) is 20.8 Å². The van der Waals surface area contributed by atoms with E-state index in [4.69, 9.17) is 5.73 Å². The Kier molecular flexibility index (Phi) is 8.57. The first kappa shape index (κ1) is 17.8. The number of hydrogen-bond acceptors (Lipinski definition) is 4. The maximum Gasteiger partial charge on any atom is 0.232 e. The number of nitrogens with zero attached hydrogens (tertiary/aromatic N) is 2. The van der Waals surface area contributed by atoms with E-state index in [1.54, 1.807) is 11.8 Å². The van der Waals surface area contributed by atoms with E-state index in [1.807, 2.05) is 4.90 Å². The third kappa shape index (κ3) is 5.62. The van der Waals surface area contributed by atoms with Crippen molar-refractivity contribution in [2.75, 3.05) is 44.2 Å². The van der Waals surface area contributed by atoms with E-state index in [0.29, 0.717) is 18.2 Å². The van der Waals surface area contributed by atoms with Gasteiger partial charge in [-0.05, 0) is 31.8 Å². The van der Waals surface area contributed by atoms with E-state index in [-0.39, 0.29) is 11.9 Å². The molecule has 1 aliphatic rings. The van der Waals surface area contributed by atoms with Crippen LogP contribution in [0.2, 0.25) is 0 Å². The van der Waals surface area contributed by atoms with Crippen LogP contribution in [0.25, 0.3) is 0 Å². The summed E-state index contributed by atoms with van der Waals surface area (Å²) in [7, 11) is 0. The van der Waals surface area contributed by atoms with Crippen LogP contribution >= 0.6 is 11.8 Å². The highest BCUT2D eigenvalue weighted by atomic mass is 32.2. The topological polar surface area (TPSA) is 49.6 Å². The number of nitrogens with two attached hydrogens (primary N) is 1. The first-order chi connectivity index (χ1) is 9.62. The molecule has 1 heterocycles. The SMILES string of the molecule is CCN(CC)CCSCC(=O)N1CCC(C)CC1CN. The van der Waals surface area contributed by atoms with Crippen molar-refractivity contribution in [2.24, 2.45) is 11.7 Å². The molecule has 1 fully saturated rings. The lowest BCUT2D eigenvalue weighted by Crippen LogP contribution is -2.49. The van der Waals surface area contributed by atoms with E-state index in [1.165, 1.54) is 0 Å². The molecule has 118 valence electrons. The maximum atomic E-state index is 12.3. The zero-order valence-corrected chi connectivity index (χ0v) is 14.1. The van der Waals surface area contributed by atoms with E-state index in [9.17, 15) is 4.79 Å². The smallest absolute Gasteiger partial charge is 0.232 e. The number of thioether (sulfide) groups is 1. The van der Waals surface area contributed by atoms with Crippen LogP contribution in [0.15, 0.2) is 0 Å². The first-order valence-corrected chi connectivity index (χ1v) is 9.07. The summed E-state index contributed by atoms with van der Waals surface area (Å²) in [6, 6.07) is 0.259. The van der Waals surface area contributed by atoms with Gasteiger partial charge in [-0.25, -0.2) is 0 Å². The van der Waals surface area contributed by atoms with Crippen molar-refractivity contribution in [1.29, 1.82) is 0 Å². The van der Waals surface area contributed by atoms with Gasteiger partial charge >= 0.3 is 0 Å². The van der Waals surface area contributed by atoms with Gasteiger partial charge in [0.15, 0.2) is 0 Å². The molecule has 1 amide bonds.